The average molecular weight is 204 g/mol. The quantitative estimate of drug-likeness (QED) is 0.544. The van der Waals surface area contributed by atoms with E-state index in [0.29, 0.717) is 12.2 Å². The molecule has 0 spiro atoms. The number of hydrogen-bond donors (Lipinski definition) is 0. The highest BCUT2D eigenvalue weighted by Gasteiger charge is 2.01. The van der Waals surface area contributed by atoms with E-state index >= 15 is 0 Å². The van der Waals surface area contributed by atoms with Crippen molar-refractivity contribution >= 4 is 29.3 Å². The number of nitrogens with zero attached hydrogens (tertiary/aromatic N) is 2. The Morgan fingerprint density at radius 1 is 1.83 bits per heavy atom. The van der Waals surface area contributed by atoms with Crippen LogP contribution in [0.2, 0.25) is 0 Å². The Kier molecular flexibility index (Phi) is 4.02. The van der Waals surface area contributed by atoms with E-state index in [9.17, 15) is 4.79 Å². The number of esters is 1. The van der Waals surface area contributed by atoms with Crippen LogP contribution in [0.4, 0.5) is 0 Å². The smallest absolute Gasteiger partial charge is 0.306 e. The summed E-state index contributed by atoms with van der Waals surface area (Å²) in [4.78, 5) is 10.7. The number of aromatic nitrogens is 2. The van der Waals surface area contributed by atoms with Crippen molar-refractivity contribution in [1.29, 1.82) is 0 Å². The summed E-state index contributed by atoms with van der Waals surface area (Å²) < 4.78 is 8.18. The lowest BCUT2D eigenvalue weighted by Gasteiger charge is -1.95. The van der Waals surface area contributed by atoms with Gasteiger partial charge in [0.1, 0.15) is 5.03 Å². The zero-order valence-corrected chi connectivity index (χ0v) is 8.15. The summed E-state index contributed by atoms with van der Waals surface area (Å²) in [5.41, 5.74) is 0. The van der Waals surface area contributed by atoms with E-state index in [4.69, 9.17) is 0 Å². The largest absolute Gasteiger partial charge is 0.469 e. The molecule has 0 unspecified atom stereocenters. The van der Waals surface area contributed by atoms with Gasteiger partial charge in [-0.2, -0.15) is 0 Å². The second-order valence-electron chi connectivity index (χ2n) is 1.92. The van der Waals surface area contributed by atoms with Crippen LogP contribution < -0.4 is 0 Å². The summed E-state index contributed by atoms with van der Waals surface area (Å²) >= 11 is 2.81. The van der Waals surface area contributed by atoms with Gasteiger partial charge in [-0.15, -0.1) is 16.9 Å². The van der Waals surface area contributed by atoms with E-state index in [-0.39, 0.29) is 5.97 Å². The summed E-state index contributed by atoms with van der Waals surface area (Å²) in [5.74, 6) is 0.503. The molecule has 4 nitrogen and oxygen atoms in total. The van der Waals surface area contributed by atoms with Crippen molar-refractivity contribution in [2.24, 2.45) is 0 Å². The molecule has 0 fully saturated rings. The fourth-order valence-corrected chi connectivity index (χ4v) is 1.91. The van der Waals surface area contributed by atoms with E-state index in [0.717, 1.165) is 5.03 Å². The van der Waals surface area contributed by atoms with Crippen LogP contribution in [0, 0.1) is 0 Å². The molecule has 1 aromatic heterocycles. The summed E-state index contributed by atoms with van der Waals surface area (Å²) in [6.45, 7) is 0. The lowest BCUT2D eigenvalue weighted by atomic mass is 10.5. The summed E-state index contributed by atoms with van der Waals surface area (Å²) in [7, 11) is 1.39. The van der Waals surface area contributed by atoms with Crippen molar-refractivity contribution in [3.63, 3.8) is 0 Å². The molecule has 6 heteroatoms. The third-order valence-corrected chi connectivity index (χ3v) is 2.68. The first-order valence-electron chi connectivity index (χ1n) is 3.29. The maximum absolute atomic E-state index is 10.7. The molecule has 0 atom stereocenters. The van der Waals surface area contributed by atoms with Gasteiger partial charge in [-0.1, -0.05) is 4.49 Å². The Morgan fingerprint density at radius 3 is 3.25 bits per heavy atom. The molecule has 1 heterocycles. The van der Waals surface area contributed by atoms with E-state index < -0.39 is 0 Å². The molecule has 0 N–H and O–H groups in total. The summed E-state index contributed by atoms with van der Waals surface area (Å²) in [6, 6.07) is 0. The molecule has 0 aromatic carbocycles. The second-order valence-corrected chi connectivity index (χ2v) is 3.64. The zero-order valence-electron chi connectivity index (χ0n) is 6.52. The SMILES string of the molecule is COC(=O)CCSc1csnn1. The third kappa shape index (κ3) is 3.19. The van der Waals surface area contributed by atoms with Crippen molar-refractivity contribution < 1.29 is 9.53 Å². The molecular weight excluding hydrogens is 196 g/mol. The van der Waals surface area contributed by atoms with Gasteiger partial charge in [0.05, 0.1) is 13.5 Å². The highest BCUT2D eigenvalue weighted by molar-refractivity contribution is 7.99. The van der Waals surface area contributed by atoms with E-state index in [1.54, 1.807) is 0 Å². The number of ether oxygens (including phenoxy) is 1. The first-order valence-corrected chi connectivity index (χ1v) is 5.12. The van der Waals surface area contributed by atoms with Crippen molar-refractivity contribution in [3.8, 4) is 0 Å². The minimum Gasteiger partial charge on any atom is -0.469 e. The Balaban J connectivity index is 2.15. The van der Waals surface area contributed by atoms with Crippen molar-refractivity contribution in [2.45, 2.75) is 11.4 Å². The Labute approximate surface area is 78.5 Å². The fourth-order valence-electron chi connectivity index (χ4n) is 0.560. The molecule has 0 aliphatic rings. The molecular formula is C6H8N2O2S2. The zero-order chi connectivity index (χ0) is 8.81. The van der Waals surface area contributed by atoms with Crippen LogP contribution in [0.15, 0.2) is 10.4 Å². The molecule has 0 bridgehead atoms. The highest BCUT2D eigenvalue weighted by Crippen LogP contribution is 2.16. The highest BCUT2D eigenvalue weighted by atomic mass is 32.2. The van der Waals surface area contributed by atoms with Crippen LogP contribution in [0.5, 0.6) is 0 Å². The third-order valence-electron chi connectivity index (χ3n) is 1.12. The number of carbonyl (C=O) groups is 1. The fraction of sp³-hybridized carbons (Fsp3) is 0.500. The predicted octanol–water partition coefficient (Wildman–Crippen LogP) is 1.19. The molecule has 0 saturated carbocycles. The van der Waals surface area contributed by atoms with Gasteiger partial charge in [0.15, 0.2) is 0 Å². The number of hydrogen-bond acceptors (Lipinski definition) is 6. The van der Waals surface area contributed by atoms with E-state index in [1.165, 1.54) is 30.4 Å². The minimum atomic E-state index is -0.189. The van der Waals surface area contributed by atoms with Crippen molar-refractivity contribution in [3.05, 3.63) is 5.38 Å². The number of methoxy groups -OCH3 is 1. The second kappa shape index (κ2) is 5.10. The van der Waals surface area contributed by atoms with Gasteiger partial charge in [-0.25, -0.2) is 0 Å². The first-order chi connectivity index (χ1) is 5.83. The molecule has 1 aromatic rings. The van der Waals surface area contributed by atoms with E-state index in [1.807, 2.05) is 5.38 Å². The van der Waals surface area contributed by atoms with Crippen molar-refractivity contribution in [2.75, 3.05) is 12.9 Å². The van der Waals surface area contributed by atoms with Gasteiger partial charge in [0.2, 0.25) is 0 Å². The maximum Gasteiger partial charge on any atom is 0.306 e. The van der Waals surface area contributed by atoms with Gasteiger partial charge in [0.25, 0.3) is 0 Å². The molecule has 12 heavy (non-hydrogen) atoms. The van der Waals surface area contributed by atoms with Gasteiger partial charge < -0.3 is 4.74 Å². The molecule has 0 saturated heterocycles. The van der Waals surface area contributed by atoms with Crippen LogP contribution in [-0.4, -0.2) is 28.4 Å². The number of carbonyl (C=O) groups excluding carboxylic acids is 1. The number of rotatable bonds is 4. The van der Waals surface area contributed by atoms with Gasteiger partial charge >= 0.3 is 5.97 Å². The Morgan fingerprint density at radius 2 is 2.67 bits per heavy atom. The molecule has 0 aliphatic carbocycles. The maximum atomic E-state index is 10.7. The van der Waals surface area contributed by atoms with E-state index in [2.05, 4.69) is 14.3 Å². The van der Waals surface area contributed by atoms with Crippen LogP contribution in [0.3, 0.4) is 0 Å². The van der Waals surface area contributed by atoms with Crippen LogP contribution >= 0.6 is 23.3 Å². The first kappa shape index (κ1) is 9.47. The average Bonchev–Trinajstić information content (AvgIpc) is 2.57. The molecule has 0 aliphatic heterocycles. The summed E-state index contributed by atoms with van der Waals surface area (Å²) in [5, 5.41) is 6.53. The Bertz CT molecular complexity index is 238. The minimum absolute atomic E-state index is 0.189. The van der Waals surface area contributed by atoms with Gasteiger partial charge in [-0.3, -0.25) is 4.79 Å². The predicted molar refractivity (Wildman–Crippen MR) is 47.3 cm³/mol. The van der Waals surface area contributed by atoms with Gasteiger partial charge in [-0.05, 0) is 11.5 Å². The standard InChI is InChI=1S/C6H8N2O2S2/c1-10-6(9)2-3-11-5-4-12-8-7-5/h4H,2-3H2,1H3. The van der Waals surface area contributed by atoms with Crippen LogP contribution in [0.25, 0.3) is 0 Å². The van der Waals surface area contributed by atoms with Crippen LogP contribution in [0.1, 0.15) is 6.42 Å². The summed E-state index contributed by atoms with van der Waals surface area (Å²) in [6.07, 6.45) is 0.415. The molecule has 0 amide bonds. The van der Waals surface area contributed by atoms with Crippen molar-refractivity contribution in [1.82, 2.24) is 9.59 Å². The molecule has 66 valence electrons. The number of thioether (sulfide) groups is 1. The van der Waals surface area contributed by atoms with Crippen LogP contribution in [-0.2, 0) is 9.53 Å². The normalized spacial score (nSPS) is 9.75. The molecule has 0 radical (unpaired) electrons. The van der Waals surface area contributed by atoms with Gasteiger partial charge in [0, 0.05) is 11.1 Å². The molecule has 1 rings (SSSR count). The lowest BCUT2D eigenvalue weighted by Crippen LogP contribution is -2.00. The lowest BCUT2D eigenvalue weighted by molar-refractivity contribution is -0.140. The monoisotopic (exact) mass is 204 g/mol. The topological polar surface area (TPSA) is 52.1 Å². The Hall–Kier alpha value is -0.620.